The quantitative estimate of drug-likeness (QED) is 0.667. The molecule has 2 rings (SSSR count). The van der Waals surface area contributed by atoms with Crippen LogP contribution >= 0.6 is 11.8 Å². The van der Waals surface area contributed by atoms with Gasteiger partial charge in [-0.1, -0.05) is 6.92 Å². The molecule has 0 aromatic heterocycles. The fourth-order valence-corrected chi connectivity index (χ4v) is 3.10. The summed E-state index contributed by atoms with van der Waals surface area (Å²) in [4.78, 5) is 10.0. The van der Waals surface area contributed by atoms with E-state index in [0.29, 0.717) is 10.9 Å². The average molecular weight is 256 g/mol. The first-order valence-corrected chi connectivity index (χ1v) is 6.44. The summed E-state index contributed by atoms with van der Waals surface area (Å²) in [6, 6.07) is 3.85. The molecule has 17 heavy (non-hydrogen) atoms. The Kier molecular flexibility index (Phi) is 3.51. The maximum atomic E-state index is 13.2. The van der Waals surface area contributed by atoms with Crippen molar-refractivity contribution in [1.29, 1.82) is 0 Å². The Morgan fingerprint density at radius 2 is 2.29 bits per heavy atom. The standard InChI is InChI=1S/C11H13FN2O2S/c1-7-11(2-3-17-7)13-9-4-8(12)5-10(6-9)14(15)16/h4-7,11,13H,2-3H2,1H3. The third-order valence-electron chi connectivity index (χ3n) is 2.82. The van der Waals surface area contributed by atoms with Crippen LogP contribution in [0.5, 0.6) is 0 Å². The van der Waals surface area contributed by atoms with Crippen LogP contribution in [-0.2, 0) is 0 Å². The molecule has 2 unspecified atom stereocenters. The van der Waals surface area contributed by atoms with Crippen molar-refractivity contribution in [2.24, 2.45) is 0 Å². The van der Waals surface area contributed by atoms with Crippen LogP contribution in [0, 0.1) is 15.9 Å². The molecule has 0 spiro atoms. The van der Waals surface area contributed by atoms with Crippen LogP contribution in [-0.4, -0.2) is 22.0 Å². The van der Waals surface area contributed by atoms with Gasteiger partial charge in [-0.05, 0) is 18.2 Å². The Hall–Kier alpha value is -1.30. The lowest BCUT2D eigenvalue weighted by Crippen LogP contribution is -2.24. The largest absolute Gasteiger partial charge is 0.381 e. The second-order valence-corrected chi connectivity index (χ2v) is 5.56. The number of rotatable bonds is 3. The summed E-state index contributed by atoms with van der Waals surface area (Å²) in [5.74, 6) is 0.482. The predicted octanol–water partition coefficient (Wildman–Crippen LogP) is 3.04. The predicted molar refractivity (Wildman–Crippen MR) is 67.0 cm³/mol. The van der Waals surface area contributed by atoms with Crippen LogP contribution < -0.4 is 5.32 Å². The lowest BCUT2D eigenvalue weighted by molar-refractivity contribution is -0.385. The number of halogens is 1. The molecule has 1 saturated heterocycles. The molecule has 6 heteroatoms. The monoisotopic (exact) mass is 256 g/mol. The maximum absolute atomic E-state index is 13.2. The number of thioether (sulfide) groups is 1. The SMILES string of the molecule is CC1SCCC1Nc1cc(F)cc([N+](=O)[O-])c1. The molecule has 92 valence electrons. The zero-order chi connectivity index (χ0) is 12.4. The van der Waals surface area contributed by atoms with E-state index in [4.69, 9.17) is 0 Å². The Labute approximate surface area is 103 Å². The van der Waals surface area contributed by atoms with Crippen LogP contribution in [0.25, 0.3) is 0 Å². The van der Waals surface area contributed by atoms with E-state index in [0.717, 1.165) is 18.2 Å². The van der Waals surface area contributed by atoms with Crippen LogP contribution in [0.15, 0.2) is 18.2 Å². The molecule has 1 aromatic rings. The fraction of sp³-hybridized carbons (Fsp3) is 0.455. The van der Waals surface area contributed by atoms with Gasteiger partial charge in [0.2, 0.25) is 0 Å². The van der Waals surface area contributed by atoms with Gasteiger partial charge < -0.3 is 5.32 Å². The normalized spacial score (nSPS) is 23.6. The van der Waals surface area contributed by atoms with Gasteiger partial charge in [-0.15, -0.1) is 0 Å². The van der Waals surface area contributed by atoms with E-state index in [2.05, 4.69) is 12.2 Å². The zero-order valence-corrected chi connectivity index (χ0v) is 10.2. The second-order valence-electron chi connectivity index (χ2n) is 4.07. The molecule has 2 atom stereocenters. The van der Waals surface area contributed by atoms with Gasteiger partial charge in [0.05, 0.1) is 11.0 Å². The summed E-state index contributed by atoms with van der Waals surface area (Å²) in [6.45, 7) is 2.10. The molecular formula is C11H13FN2O2S. The highest BCUT2D eigenvalue weighted by atomic mass is 32.2. The van der Waals surface area contributed by atoms with E-state index in [1.54, 1.807) is 0 Å². The minimum atomic E-state index is -0.583. The van der Waals surface area contributed by atoms with Crippen LogP contribution in [0.1, 0.15) is 13.3 Å². The number of non-ortho nitro benzene ring substituents is 1. The number of nitrogens with one attached hydrogen (secondary N) is 1. The summed E-state index contributed by atoms with van der Waals surface area (Å²) in [6.07, 6.45) is 0.996. The molecule has 0 bridgehead atoms. The lowest BCUT2D eigenvalue weighted by atomic mass is 10.1. The van der Waals surface area contributed by atoms with Gasteiger partial charge in [0, 0.05) is 23.0 Å². The second kappa shape index (κ2) is 4.91. The van der Waals surface area contributed by atoms with Gasteiger partial charge in [0.1, 0.15) is 5.82 Å². The minimum Gasteiger partial charge on any atom is -0.381 e. The molecule has 0 aliphatic carbocycles. The number of hydrogen-bond acceptors (Lipinski definition) is 4. The molecule has 1 N–H and O–H groups in total. The molecule has 1 aliphatic heterocycles. The first-order chi connectivity index (χ1) is 8.06. The lowest BCUT2D eigenvalue weighted by Gasteiger charge is -2.17. The van der Waals surface area contributed by atoms with Crippen LogP contribution in [0.3, 0.4) is 0 Å². The van der Waals surface area contributed by atoms with Gasteiger partial charge in [-0.25, -0.2) is 4.39 Å². The Morgan fingerprint density at radius 1 is 1.53 bits per heavy atom. The smallest absolute Gasteiger partial charge is 0.274 e. The maximum Gasteiger partial charge on any atom is 0.274 e. The van der Waals surface area contributed by atoms with Gasteiger partial charge >= 0.3 is 0 Å². The Balaban J connectivity index is 2.17. The highest BCUT2D eigenvalue weighted by Gasteiger charge is 2.24. The van der Waals surface area contributed by atoms with Crippen LogP contribution in [0.2, 0.25) is 0 Å². The summed E-state index contributed by atoms with van der Waals surface area (Å²) >= 11 is 1.85. The zero-order valence-electron chi connectivity index (χ0n) is 9.35. The highest BCUT2D eigenvalue weighted by Crippen LogP contribution is 2.30. The van der Waals surface area contributed by atoms with Crippen molar-refractivity contribution in [3.8, 4) is 0 Å². The third kappa shape index (κ3) is 2.88. The molecule has 0 amide bonds. The molecular weight excluding hydrogens is 243 g/mol. The number of nitro groups is 1. The number of benzene rings is 1. The molecule has 0 radical (unpaired) electrons. The van der Waals surface area contributed by atoms with Crippen LogP contribution in [0.4, 0.5) is 15.8 Å². The van der Waals surface area contributed by atoms with E-state index in [1.165, 1.54) is 12.1 Å². The Bertz CT molecular complexity index is 441. The van der Waals surface area contributed by atoms with Gasteiger partial charge in [0.15, 0.2) is 0 Å². The average Bonchev–Trinajstić information content (AvgIpc) is 2.63. The summed E-state index contributed by atoms with van der Waals surface area (Å²) in [5, 5.41) is 14.2. The fourth-order valence-electron chi connectivity index (χ4n) is 1.90. The van der Waals surface area contributed by atoms with Crippen molar-refractivity contribution in [1.82, 2.24) is 0 Å². The van der Waals surface area contributed by atoms with Crippen molar-refractivity contribution < 1.29 is 9.31 Å². The van der Waals surface area contributed by atoms with Crippen molar-refractivity contribution in [3.63, 3.8) is 0 Å². The minimum absolute atomic E-state index is 0.217. The van der Waals surface area contributed by atoms with Crippen molar-refractivity contribution in [3.05, 3.63) is 34.1 Å². The van der Waals surface area contributed by atoms with Crippen molar-refractivity contribution in [2.75, 3.05) is 11.1 Å². The summed E-state index contributed by atoms with van der Waals surface area (Å²) in [5.41, 5.74) is 0.266. The first-order valence-electron chi connectivity index (χ1n) is 5.39. The highest BCUT2D eigenvalue weighted by molar-refractivity contribution is 8.00. The molecule has 4 nitrogen and oxygen atoms in total. The molecule has 1 aromatic carbocycles. The van der Waals surface area contributed by atoms with Gasteiger partial charge in [-0.3, -0.25) is 10.1 Å². The molecule has 0 saturated carbocycles. The number of anilines is 1. The van der Waals surface area contributed by atoms with Gasteiger partial charge in [-0.2, -0.15) is 11.8 Å². The number of nitro benzene ring substituents is 1. The van der Waals surface area contributed by atoms with Crippen molar-refractivity contribution >= 4 is 23.1 Å². The van der Waals surface area contributed by atoms with Gasteiger partial charge in [0.25, 0.3) is 5.69 Å². The first kappa shape index (κ1) is 12.2. The molecule has 1 aliphatic rings. The Morgan fingerprint density at radius 3 is 2.88 bits per heavy atom. The van der Waals surface area contributed by atoms with E-state index >= 15 is 0 Å². The number of nitrogens with zero attached hydrogens (tertiary/aromatic N) is 1. The van der Waals surface area contributed by atoms with E-state index < -0.39 is 10.7 Å². The summed E-state index contributed by atoms with van der Waals surface area (Å²) in [7, 11) is 0. The molecule has 1 heterocycles. The molecule has 1 fully saturated rings. The topological polar surface area (TPSA) is 55.2 Å². The summed E-state index contributed by atoms with van der Waals surface area (Å²) < 4.78 is 13.2. The van der Waals surface area contributed by atoms with E-state index in [1.807, 2.05) is 11.8 Å². The number of hydrogen-bond donors (Lipinski definition) is 1. The third-order valence-corrected chi connectivity index (χ3v) is 4.15. The van der Waals surface area contributed by atoms with E-state index in [-0.39, 0.29) is 11.7 Å². The van der Waals surface area contributed by atoms with E-state index in [9.17, 15) is 14.5 Å². The van der Waals surface area contributed by atoms with Crippen molar-refractivity contribution in [2.45, 2.75) is 24.6 Å².